The third-order valence-corrected chi connectivity index (χ3v) is 3.82. The third kappa shape index (κ3) is 2.97. The lowest BCUT2D eigenvalue weighted by Crippen LogP contribution is -2.40. The number of rotatable bonds is 4. The van der Waals surface area contributed by atoms with Crippen LogP contribution in [-0.4, -0.2) is 35.8 Å². The Morgan fingerprint density at radius 3 is 3.05 bits per heavy atom. The van der Waals surface area contributed by atoms with E-state index >= 15 is 0 Å². The summed E-state index contributed by atoms with van der Waals surface area (Å²) in [5.74, 6) is 2.15. The molecule has 0 bridgehead atoms. The summed E-state index contributed by atoms with van der Waals surface area (Å²) in [6.45, 7) is 4.57. The van der Waals surface area contributed by atoms with Gasteiger partial charge in [0.2, 0.25) is 0 Å². The predicted molar refractivity (Wildman–Crippen MR) is 73.7 cm³/mol. The van der Waals surface area contributed by atoms with Crippen LogP contribution in [0.2, 0.25) is 0 Å². The molecule has 2 aliphatic rings. The number of aromatic nitrogens is 2. The molecule has 5 heteroatoms. The minimum atomic E-state index is -0.0366. The first kappa shape index (κ1) is 12.7. The monoisotopic (exact) mass is 263 g/mol. The zero-order valence-corrected chi connectivity index (χ0v) is 11.4. The topological polar surface area (TPSA) is 58.2 Å². The summed E-state index contributed by atoms with van der Waals surface area (Å²) >= 11 is 0. The van der Waals surface area contributed by atoms with Crippen molar-refractivity contribution in [2.24, 2.45) is 0 Å². The first-order valence-corrected chi connectivity index (χ1v) is 7.24. The summed E-state index contributed by atoms with van der Waals surface area (Å²) in [6, 6.07) is 1.61. The molecule has 104 valence electrons. The molecule has 1 aliphatic carbocycles. The maximum absolute atomic E-state index is 11.7. The number of H-pyrrole nitrogens is 1. The van der Waals surface area contributed by atoms with E-state index in [4.69, 9.17) is 4.74 Å². The van der Waals surface area contributed by atoms with E-state index in [1.807, 2.05) is 6.92 Å². The maximum atomic E-state index is 11.7. The zero-order chi connectivity index (χ0) is 13.2. The lowest BCUT2D eigenvalue weighted by Gasteiger charge is -2.33. The van der Waals surface area contributed by atoms with E-state index in [1.165, 1.54) is 0 Å². The van der Waals surface area contributed by atoms with Gasteiger partial charge in [0, 0.05) is 31.7 Å². The molecule has 19 heavy (non-hydrogen) atoms. The van der Waals surface area contributed by atoms with E-state index in [0.717, 1.165) is 57.0 Å². The van der Waals surface area contributed by atoms with Gasteiger partial charge in [-0.05, 0) is 32.6 Å². The molecule has 1 N–H and O–H groups in total. The van der Waals surface area contributed by atoms with Crippen LogP contribution in [0.25, 0.3) is 0 Å². The smallest absolute Gasteiger partial charge is 0.252 e. The molecule has 0 aromatic carbocycles. The van der Waals surface area contributed by atoms with Gasteiger partial charge in [-0.2, -0.15) is 0 Å². The van der Waals surface area contributed by atoms with Gasteiger partial charge in [-0.15, -0.1) is 0 Å². The summed E-state index contributed by atoms with van der Waals surface area (Å²) in [6.07, 6.45) is 4.76. The summed E-state index contributed by atoms with van der Waals surface area (Å²) < 4.78 is 5.70. The normalized spacial score (nSPS) is 23.6. The zero-order valence-electron chi connectivity index (χ0n) is 11.4. The van der Waals surface area contributed by atoms with E-state index in [2.05, 4.69) is 14.9 Å². The van der Waals surface area contributed by atoms with Crippen molar-refractivity contribution in [3.8, 4) is 0 Å². The largest absolute Gasteiger partial charge is 0.377 e. The highest BCUT2D eigenvalue weighted by atomic mass is 16.5. The quantitative estimate of drug-likeness (QED) is 0.897. The van der Waals surface area contributed by atoms with Crippen LogP contribution in [0.1, 0.15) is 44.3 Å². The molecule has 1 aromatic rings. The second-order valence-electron chi connectivity index (χ2n) is 5.43. The van der Waals surface area contributed by atoms with Crippen LogP contribution in [0.15, 0.2) is 10.9 Å². The second-order valence-corrected chi connectivity index (χ2v) is 5.43. The average Bonchev–Trinajstić information content (AvgIpc) is 3.23. The van der Waals surface area contributed by atoms with Crippen LogP contribution in [0, 0.1) is 0 Å². The number of ether oxygens (including phenoxy) is 1. The van der Waals surface area contributed by atoms with Crippen LogP contribution in [0.4, 0.5) is 5.82 Å². The first-order chi connectivity index (χ1) is 9.26. The van der Waals surface area contributed by atoms with Gasteiger partial charge >= 0.3 is 0 Å². The van der Waals surface area contributed by atoms with Crippen molar-refractivity contribution in [2.45, 2.75) is 44.6 Å². The summed E-state index contributed by atoms with van der Waals surface area (Å²) in [4.78, 5) is 21.4. The highest BCUT2D eigenvalue weighted by molar-refractivity contribution is 5.39. The Kier molecular flexibility index (Phi) is 3.55. The van der Waals surface area contributed by atoms with Gasteiger partial charge in [-0.1, -0.05) is 0 Å². The minimum absolute atomic E-state index is 0.0366. The Hall–Kier alpha value is -1.36. The fourth-order valence-corrected chi connectivity index (χ4v) is 2.69. The highest BCUT2D eigenvalue weighted by Gasteiger charge is 2.28. The maximum Gasteiger partial charge on any atom is 0.252 e. The lowest BCUT2D eigenvalue weighted by molar-refractivity contribution is 0.0525. The summed E-state index contributed by atoms with van der Waals surface area (Å²) in [5, 5.41) is 0. The van der Waals surface area contributed by atoms with Gasteiger partial charge in [0.1, 0.15) is 11.6 Å². The highest BCUT2D eigenvalue weighted by Crippen LogP contribution is 2.38. The molecule has 2 heterocycles. The number of piperidine rings is 1. The molecule has 1 atom stereocenters. The molecule has 1 aromatic heterocycles. The Labute approximate surface area is 113 Å². The van der Waals surface area contributed by atoms with Gasteiger partial charge in [0.25, 0.3) is 5.56 Å². The van der Waals surface area contributed by atoms with Crippen LogP contribution >= 0.6 is 0 Å². The van der Waals surface area contributed by atoms with Crippen molar-refractivity contribution in [1.82, 2.24) is 9.97 Å². The first-order valence-electron chi connectivity index (χ1n) is 7.24. The van der Waals surface area contributed by atoms with Crippen molar-refractivity contribution in [3.05, 3.63) is 22.2 Å². The van der Waals surface area contributed by atoms with Crippen molar-refractivity contribution in [2.75, 3.05) is 24.6 Å². The Morgan fingerprint density at radius 2 is 2.32 bits per heavy atom. The standard InChI is InChI=1S/C14H21N3O2/c1-2-19-11-4-3-7-17(9-11)12-8-13(18)16-14(15-12)10-5-6-10/h8,10-11H,2-7,9H2,1H3,(H,15,16,18). The molecule has 1 aliphatic heterocycles. The Bertz CT molecular complexity index is 494. The number of nitrogens with one attached hydrogen (secondary N) is 1. The van der Waals surface area contributed by atoms with Crippen molar-refractivity contribution >= 4 is 5.82 Å². The van der Waals surface area contributed by atoms with Crippen LogP contribution in [0.3, 0.4) is 0 Å². The van der Waals surface area contributed by atoms with Crippen molar-refractivity contribution in [3.63, 3.8) is 0 Å². The molecule has 0 amide bonds. The molecule has 0 radical (unpaired) electrons. The fourth-order valence-electron chi connectivity index (χ4n) is 2.69. The molecule has 0 spiro atoms. The van der Waals surface area contributed by atoms with Crippen molar-refractivity contribution < 1.29 is 4.74 Å². The lowest BCUT2D eigenvalue weighted by atomic mass is 10.1. The van der Waals surface area contributed by atoms with E-state index < -0.39 is 0 Å². The van der Waals surface area contributed by atoms with Crippen molar-refractivity contribution in [1.29, 1.82) is 0 Å². The Morgan fingerprint density at radius 1 is 1.47 bits per heavy atom. The molecule has 1 unspecified atom stereocenters. The summed E-state index contributed by atoms with van der Waals surface area (Å²) in [7, 11) is 0. The minimum Gasteiger partial charge on any atom is -0.377 e. The molecular formula is C14H21N3O2. The van der Waals surface area contributed by atoms with Crippen LogP contribution in [0.5, 0.6) is 0 Å². The van der Waals surface area contributed by atoms with Crippen LogP contribution in [-0.2, 0) is 4.74 Å². The van der Waals surface area contributed by atoms with Gasteiger partial charge in [0.15, 0.2) is 0 Å². The SMILES string of the molecule is CCOC1CCCN(c2cc(=O)[nH]c(C3CC3)n2)C1. The molecule has 3 rings (SSSR count). The number of hydrogen-bond acceptors (Lipinski definition) is 4. The van der Waals surface area contributed by atoms with Gasteiger partial charge < -0.3 is 14.6 Å². The van der Waals surface area contributed by atoms with E-state index in [0.29, 0.717) is 5.92 Å². The average molecular weight is 263 g/mol. The molecule has 1 saturated carbocycles. The van der Waals surface area contributed by atoms with Gasteiger partial charge in [-0.25, -0.2) is 4.98 Å². The second kappa shape index (κ2) is 5.33. The summed E-state index contributed by atoms with van der Waals surface area (Å²) in [5.41, 5.74) is -0.0366. The number of aromatic amines is 1. The van der Waals surface area contributed by atoms with E-state index in [-0.39, 0.29) is 11.7 Å². The fraction of sp³-hybridized carbons (Fsp3) is 0.714. The van der Waals surface area contributed by atoms with Gasteiger partial charge in [-0.3, -0.25) is 4.79 Å². The predicted octanol–water partition coefficient (Wildman–Crippen LogP) is 1.65. The number of anilines is 1. The third-order valence-electron chi connectivity index (χ3n) is 3.82. The molecular weight excluding hydrogens is 242 g/mol. The van der Waals surface area contributed by atoms with Gasteiger partial charge in [0.05, 0.1) is 6.10 Å². The molecule has 5 nitrogen and oxygen atoms in total. The molecule has 1 saturated heterocycles. The number of hydrogen-bond donors (Lipinski definition) is 1. The Balaban J connectivity index is 1.78. The number of nitrogens with zero attached hydrogens (tertiary/aromatic N) is 2. The van der Waals surface area contributed by atoms with Crippen LogP contribution < -0.4 is 10.5 Å². The molecule has 2 fully saturated rings. The van der Waals surface area contributed by atoms with E-state index in [9.17, 15) is 4.79 Å². The van der Waals surface area contributed by atoms with E-state index in [1.54, 1.807) is 6.07 Å².